The first kappa shape index (κ1) is 15.6. The quantitative estimate of drug-likeness (QED) is 0.715. The van der Waals surface area contributed by atoms with E-state index in [1.807, 2.05) is 47.5 Å². The van der Waals surface area contributed by atoms with Gasteiger partial charge in [0.1, 0.15) is 6.04 Å². The highest BCUT2D eigenvalue weighted by molar-refractivity contribution is 5.76. The molecule has 3 heterocycles. The standard InChI is InChI=1S/C18H19N5O2/c24-16(9-13-22-11-5-10-19-22)23-12-4-8-15(23)18-20-17(21-25-18)14-6-2-1-3-7-14/h1-3,5-7,10-11,15H,4,8-9,12-13H2/t15-/m0/s1. The maximum atomic E-state index is 12.6. The van der Waals surface area contributed by atoms with E-state index in [4.69, 9.17) is 4.52 Å². The number of hydrogen-bond donors (Lipinski definition) is 0. The summed E-state index contributed by atoms with van der Waals surface area (Å²) in [5.41, 5.74) is 0.909. The van der Waals surface area contributed by atoms with Crippen molar-refractivity contribution in [2.45, 2.75) is 31.8 Å². The van der Waals surface area contributed by atoms with Gasteiger partial charge < -0.3 is 9.42 Å². The third kappa shape index (κ3) is 3.31. The van der Waals surface area contributed by atoms with Crippen molar-refractivity contribution in [3.8, 4) is 11.4 Å². The Morgan fingerprint density at radius 1 is 1.24 bits per heavy atom. The molecule has 4 rings (SSSR count). The predicted octanol–water partition coefficient (Wildman–Crippen LogP) is 2.69. The normalized spacial score (nSPS) is 17.1. The van der Waals surface area contributed by atoms with Gasteiger partial charge in [0.15, 0.2) is 0 Å². The van der Waals surface area contributed by atoms with Gasteiger partial charge in [-0.05, 0) is 18.9 Å². The van der Waals surface area contributed by atoms with Crippen molar-refractivity contribution in [3.63, 3.8) is 0 Å². The second-order valence-electron chi connectivity index (χ2n) is 6.09. The first-order valence-electron chi connectivity index (χ1n) is 8.47. The van der Waals surface area contributed by atoms with Crippen LogP contribution in [0.3, 0.4) is 0 Å². The summed E-state index contributed by atoms with van der Waals surface area (Å²) in [6.07, 6.45) is 5.79. The topological polar surface area (TPSA) is 77.1 Å². The van der Waals surface area contributed by atoms with Gasteiger partial charge in [-0.15, -0.1) is 0 Å². The Bertz CT molecular complexity index is 828. The van der Waals surface area contributed by atoms with E-state index in [1.54, 1.807) is 10.9 Å². The maximum Gasteiger partial charge on any atom is 0.249 e. The number of nitrogens with zero attached hydrogens (tertiary/aromatic N) is 5. The fourth-order valence-electron chi connectivity index (χ4n) is 3.18. The van der Waals surface area contributed by atoms with Crippen LogP contribution in [-0.4, -0.2) is 37.3 Å². The van der Waals surface area contributed by atoms with Gasteiger partial charge in [-0.2, -0.15) is 10.1 Å². The van der Waals surface area contributed by atoms with Crippen molar-refractivity contribution in [1.82, 2.24) is 24.8 Å². The van der Waals surface area contributed by atoms with Gasteiger partial charge >= 0.3 is 0 Å². The lowest BCUT2D eigenvalue weighted by Crippen LogP contribution is -2.31. The van der Waals surface area contributed by atoms with Crippen molar-refractivity contribution < 1.29 is 9.32 Å². The monoisotopic (exact) mass is 337 g/mol. The summed E-state index contributed by atoms with van der Waals surface area (Å²) < 4.78 is 7.23. The molecule has 1 aliphatic rings. The molecule has 1 saturated heterocycles. The Kier molecular flexibility index (Phi) is 4.28. The minimum Gasteiger partial charge on any atom is -0.337 e. The maximum absolute atomic E-state index is 12.6. The molecule has 128 valence electrons. The van der Waals surface area contributed by atoms with E-state index in [9.17, 15) is 4.79 Å². The highest BCUT2D eigenvalue weighted by Crippen LogP contribution is 2.32. The summed E-state index contributed by atoms with van der Waals surface area (Å²) in [7, 11) is 0. The van der Waals surface area contributed by atoms with Gasteiger partial charge in [-0.1, -0.05) is 35.5 Å². The molecule has 0 N–H and O–H groups in total. The third-order valence-corrected chi connectivity index (χ3v) is 4.45. The average Bonchev–Trinajstić information content (AvgIpc) is 3.41. The van der Waals surface area contributed by atoms with E-state index in [0.717, 1.165) is 24.9 Å². The molecule has 3 aromatic rings. The molecule has 0 spiro atoms. The minimum atomic E-state index is -0.130. The SMILES string of the molecule is O=C(CCn1cccn1)N1CCC[C@H]1c1nc(-c2ccccc2)no1. The van der Waals surface area contributed by atoms with Crippen molar-refractivity contribution >= 4 is 5.91 Å². The molecule has 7 nitrogen and oxygen atoms in total. The molecule has 0 aliphatic carbocycles. The lowest BCUT2D eigenvalue weighted by Gasteiger charge is -2.21. The molecule has 1 fully saturated rings. The summed E-state index contributed by atoms with van der Waals surface area (Å²) in [5.74, 6) is 1.17. The second kappa shape index (κ2) is 6.88. The molecule has 1 aromatic carbocycles. The Hall–Kier alpha value is -2.96. The van der Waals surface area contributed by atoms with Crippen molar-refractivity contribution in [2.24, 2.45) is 0 Å². The average molecular weight is 337 g/mol. The van der Waals surface area contributed by atoms with E-state index < -0.39 is 0 Å². The Morgan fingerprint density at radius 3 is 2.92 bits per heavy atom. The highest BCUT2D eigenvalue weighted by Gasteiger charge is 2.33. The summed E-state index contributed by atoms with van der Waals surface area (Å²) in [6.45, 7) is 1.31. The molecular weight excluding hydrogens is 318 g/mol. The molecule has 0 saturated carbocycles. The summed E-state index contributed by atoms with van der Waals surface area (Å²) >= 11 is 0. The second-order valence-corrected chi connectivity index (χ2v) is 6.09. The van der Waals surface area contributed by atoms with Crippen LogP contribution in [0.2, 0.25) is 0 Å². The van der Waals surface area contributed by atoms with Crippen LogP contribution in [0.5, 0.6) is 0 Å². The van der Waals surface area contributed by atoms with Crippen LogP contribution >= 0.6 is 0 Å². The van der Waals surface area contributed by atoms with Crippen molar-refractivity contribution in [3.05, 3.63) is 54.7 Å². The molecule has 1 atom stereocenters. The molecular formula is C18H19N5O2. The summed E-state index contributed by atoms with van der Waals surface area (Å²) in [6, 6.07) is 11.4. The van der Waals surface area contributed by atoms with Crippen LogP contribution < -0.4 is 0 Å². The number of rotatable bonds is 5. The number of likely N-dealkylation sites (tertiary alicyclic amines) is 1. The number of hydrogen-bond acceptors (Lipinski definition) is 5. The van der Waals surface area contributed by atoms with E-state index in [2.05, 4.69) is 15.2 Å². The molecule has 2 aromatic heterocycles. The van der Waals surface area contributed by atoms with E-state index in [-0.39, 0.29) is 11.9 Å². The molecule has 1 aliphatic heterocycles. The zero-order valence-corrected chi connectivity index (χ0v) is 13.8. The van der Waals surface area contributed by atoms with Crippen LogP contribution in [-0.2, 0) is 11.3 Å². The van der Waals surface area contributed by atoms with Crippen LogP contribution in [0.25, 0.3) is 11.4 Å². The zero-order chi connectivity index (χ0) is 17.1. The Labute approximate surface area is 145 Å². The molecule has 7 heteroatoms. The van der Waals surface area contributed by atoms with E-state index in [0.29, 0.717) is 24.7 Å². The van der Waals surface area contributed by atoms with Gasteiger partial charge in [0.25, 0.3) is 0 Å². The molecule has 0 bridgehead atoms. The van der Waals surface area contributed by atoms with Gasteiger partial charge in [-0.3, -0.25) is 9.48 Å². The number of aryl methyl sites for hydroxylation is 1. The van der Waals surface area contributed by atoms with Gasteiger partial charge in [0.2, 0.25) is 17.6 Å². The van der Waals surface area contributed by atoms with E-state index >= 15 is 0 Å². The fraction of sp³-hybridized carbons (Fsp3) is 0.333. The van der Waals surface area contributed by atoms with Crippen LogP contribution in [0.1, 0.15) is 31.2 Å². The molecule has 1 amide bonds. The van der Waals surface area contributed by atoms with Gasteiger partial charge in [-0.25, -0.2) is 0 Å². The lowest BCUT2D eigenvalue weighted by molar-refractivity contribution is -0.132. The summed E-state index contributed by atoms with van der Waals surface area (Å²) in [4.78, 5) is 19.0. The molecule has 0 unspecified atom stereocenters. The van der Waals surface area contributed by atoms with E-state index in [1.165, 1.54) is 0 Å². The first-order chi connectivity index (χ1) is 12.3. The number of carbonyl (C=O) groups excluding carboxylic acids is 1. The highest BCUT2D eigenvalue weighted by atomic mass is 16.5. The number of amides is 1. The Balaban J connectivity index is 1.46. The largest absolute Gasteiger partial charge is 0.337 e. The lowest BCUT2D eigenvalue weighted by atomic mass is 10.2. The number of aromatic nitrogens is 4. The smallest absolute Gasteiger partial charge is 0.249 e. The molecule has 25 heavy (non-hydrogen) atoms. The van der Waals surface area contributed by atoms with Crippen LogP contribution in [0.15, 0.2) is 53.3 Å². The van der Waals surface area contributed by atoms with Gasteiger partial charge in [0.05, 0.1) is 0 Å². The van der Waals surface area contributed by atoms with Crippen LogP contribution in [0, 0.1) is 0 Å². The van der Waals surface area contributed by atoms with Crippen LogP contribution in [0.4, 0.5) is 0 Å². The van der Waals surface area contributed by atoms with Crippen molar-refractivity contribution in [1.29, 1.82) is 0 Å². The number of carbonyl (C=O) groups is 1. The minimum absolute atomic E-state index is 0.0949. The van der Waals surface area contributed by atoms with Crippen molar-refractivity contribution in [2.75, 3.05) is 6.54 Å². The fourth-order valence-corrected chi connectivity index (χ4v) is 3.18. The van der Waals surface area contributed by atoms with Gasteiger partial charge in [0, 0.05) is 37.5 Å². The number of benzene rings is 1. The molecule has 0 radical (unpaired) electrons. The third-order valence-electron chi connectivity index (χ3n) is 4.45. The predicted molar refractivity (Wildman–Crippen MR) is 90.3 cm³/mol. The summed E-state index contributed by atoms with van der Waals surface area (Å²) in [5, 5.41) is 8.21. The zero-order valence-electron chi connectivity index (χ0n) is 13.8. The first-order valence-corrected chi connectivity index (χ1v) is 8.47. The Morgan fingerprint density at radius 2 is 2.12 bits per heavy atom.